The maximum absolute atomic E-state index is 3.52. The molecule has 1 aliphatic heterocycles. The first-order valence-corrected chi connectivity index (χ1v) is 8.67. The van der Waals surface area contributed by atoms with Gasteiger partial charge in [-0.25, -0.2) is 0 Å². The zero-order valence-electron chi connectivity index (χ0n) is 12.5. The Kier molecular flexibility index (Phi) is 3.15. The Labute approximate surface area is 118 Å². The summed E-state index contributed by atoms with van der Waals surface area (Å²) in [6.07, 6.45) is 11.0. The molecule has 0 radical (unpaired) electrons. The topological polar surface area (TPSA) is 15.3 Å². The molecule has 5 rings (SSSR count). The average molecular weight is 262 g/mol. The molecule has 0 amide bonds. The van der Waals surface area contributed by atoms with Crippen molar-refractivity contribution in [3.63, 3.8) is 0 Å². The molecule has 1 saturated heterocycles. The SMILES string of the molecule is CC1CNCCN1CCC12CC3CC(CC(C3)C1)C2. The summed E-state index contributed by atoms with van der Waals surface area (Å²) < 4.78 is 0. The molecule has 1 N–H and O–H groups in total. The Morgan fingerprint density at radius 1 is 1.05 bits per heavy atom. The lowest BCUT2D eigenvalue weighted by Crippen LogP contribution is -2.52. The molecule has 2 heteroatoms. The molecular formula is C17H30N2. The van der Waals surface area contributed by atoms with Crippen LogP contribution >= 0.6 is 0 Å². The van der Waals surface area contributed by atoms with E-state index in [2.05, 4.69) is 17.1 Å². The van der Waals surface area contributed by atoms with Gasteiger partial charge >= 0.3 is 0 Å². The first kappa shape index (κ1) is 12.6. The Hall–Kier alpha value is -0.0800. The van der Waals surface area contributed by atoms with Gasteiger partial charge in [0.05, 0.1) is 0 Å². The lowest BCUT2D eigenvalue weighted by atomic mass is 9.49. The maximum atomic E-state index is 3.52. The molecule has 5 aliphatic rings. The van der Waals surface area contributed by atoms with Gasteiger partial charge in [0.15, 0.2) is 0 Å². The predicted octanol–water partition coefficient (Wildman–Crippen LogP) is 2.89. The van der Waals surface area contributed by atoms with Crippen molar-refractivity contribution in [3.05, 3.63) is 0 Å². The second-order valence-corrected chi connectivity index (χ2v) is 8.26. The summed E-state index contributed by atoms with van der Waals surface area (Å²) in [5.74, 6) is 3.35. The van der Waals surface area contributed by atoms with Crippen LogP contribution in [0.15, 0.2) is 0 Å². The van der Waals surface area contributed by atoms with E-state index in [0.29, 0.717) is 0 Å². The molecule has 0 aromatic heterocycles. The highest BCUT2D eigenvalue weighted by atomic mass is 15.2. The molecule has 108 valence electrons. The van der Waals surface area contributed by atoms with Gasteiger partial charge in [-0.2, -0.15) is 0 Å². The summed E-state index contributed by atoms with van der Waals surface area (Å²) in [5, 5.41) is 3.52. The monoisotopic (exact) mass is 262 g/mol. The predicted molar refractivity (Wildman–Crippen MR) is 79.1 cm³/mol. The molecule has 4 aliphatic carbocycles. The summed E-state index contributed by atoms with van der Waals surface area (Å²) in [4.78, 5) is 2.75. The maximum Gasteiger partial charge on any atom is 0.0192 e. The third kappa shape index (κ3) is 2.35. The molecule has 0 aromatic rings. The molecule has 4 saturated carbocycles. The van der Waals surface area contributed by atoms with Crippen LogP contribution in [0.2, 0.25) is 0 Å². The minimum absolute atomic E-state index is 0.752. The largest absolute Gasteiger partial charge is 0.314 e. The summed E-state index contributed by atoms with van der Waals surface area (Å²) in [6.45, 7) is 7.43. The number of nitrogens with zero attached hydrogens (tertiary/aromatic N) is 1. The highest BCUT2D eigenvalue weighted by Gasteiger charge is 2.50. The molecule has 5 fully saturated rings. The first-order chi connectivity index (χ1) is 9.22. The van der Waals surface area contributed by atoms with E-state index in [1.165, 1.54) is 32.6 Å². The molecule has 1 heterocycles. The van der Waals surface area contributed by atoms with Gasteiger partial charge in [-0.3, -0.25) is 4.90 Å². The van der Waals surface area contributed by atoms with Gasteiger partial charge in [-0.1, -0.05) is 0 Å². The van der Waals surface area contributed by atoms with Crippen LogP contribution < -0.4 is 5.32 Å². The van der Waals surface area contributed by atoms with Gasteiger partial charge in [-0.15, -0.1) is 0 Å². The Morgan fingerprint density at radius 2 is 1.68 bits per heavy atom. The van der Waals surface area contributed by atoms with Crippen molar-refractivity contribution in [1.29, 1.82) is 0 Å². The minimum Gasteiger partial charge on any atom is -0.314 e. The third-order valence-electron chi connectivity index (χ3n) is 6.73. The van der Waals surface area contributed by atoms with Gasteiger partial charge in [0, 0.05) is 25.7 Å². The first-order valence-electron chi connectivity index (χ1n) is 8.67. The average Bonchev–Trinajstić information content (AvgIpc) is 2.36. The van der Waals surface area contributed by atoms with Crippen molar-refractivity contribution in [2.45, 2.75) is 57.9 Å². The zero-order valence-corrected chi connectivity index (χ0v) is 12.5. The molecule has 1 unspecified atom stereocenters. The van der Waals surface area contributed by atoms with Crippen LogP contribution in [0.25, 0.3) is 0 Å². The second-order valence-electron chi connectivity index (χ2n) is 8.26. The number of hydrogen-bond donors (Lipinski definition) is 1. The van der Waals surface area contributed by atoms with Crippen LogP contribution in [0.4, 0.5) is 0 Å². The van der Waals surface area contributed by atoms with Crippen molar-refractivity contribution >= 4 is 0 Å². The van der Waals surface area contributed by atoms with Crippen LogP contribution in [-0.2, 0) is 0 Å². The van der Waals surface area contributed by atoms with E-state index in [-0.39, 0.29) is 0 Å². The highest BCUT2D eigenvalue weighted by molar-refractivity contribution is 5.01. The Bertz CT molecular complexity index is 303. The van der Waals surface area contributed by atoms with Crippen molar-refractivity contribution in [3.8, 4) is 0 Å². The van der Waals surface area contributed by atoms with Gasteiger partial charge in [0.25, 0.3) is 0 Å². The Balaban J connectivity index is 1.39. The lowest BCUT2D eigenvalue weighted by molar-refractivity contribution is -0.0626. The van der Waals surface area contributed by atoms with Crippen molar-refractivity contribution in [2.24, 2.45) is 23.2 Å². The smallest absolute Gasteiger partial charge is 0.0192 e. The molecule has 0 aromatic carbocycles. The molecule has 19 heavy (non-hydrogen) atoms. The second kappa shape index (κ2) is 4.73. The van der Waals surface area contributed by atoms with E-state index in [1.54, 1.807) is 38.5 Å². The summed E-state index contributed by atoms with van der Waals surface area (Å²) >= 11 is 0. The third-order valence-corrected chi connectivity index (χ3v) is 6.73. The molecule has 4 bridgehead atoms. The highest BCUT2D eigenvalue weighted by Crippen LogP contribution is 2.61. The van der Waals surface area contributed by atoms with Gasteiger partial charge in [0.2, 0.25) is 0 Å². The van der Waals surface area contributed by atoms with E-state index in [9.17, 15) is 0 Å². The van der Waals surface area contributed by atoms with Crippen LogP contribution in [0.5, 0.6) is 0 Å². The number of piperazine rings is 1. The fourth-order valence-electron chi connectivity index (χ4n) is 6.19. The molecule has 1 atom stereocenters. The van der Waals surface area contributed by atoms with Crippen LogP contribution in [-0.4, -0.2) is 37.1 Å². The van der Waals surface area contributed by atoms with Gasteiger partial charge in [-0.05, 0) is 81.6 Å². The fourth-order valence-corrected chi connectivity index (χ4v) is 6.19. The standard InChI is InChI=1S/C17H30N2/c1-13-12-18-3-5-19(13)4-2-17-9-14-6-15(10-17)8-16(7-14)11-17/h13-16,18H,2-12H2,1H3. The number of hydrogen-bond acceptors (Lipinski definition) is 2. The van der Waals surface area contributed by atoms with E-state index in [0.717, 1.165) is 29.2 Å². The zero-order chi connectivity index (χ0) is 12.9. The Morgan fingerprint density at radius 3 is 2.26 bits per heavy atom. The molecule has 2 nitrogen and oxygen atoms in total. The summed E-state index contributed by atoms with van der Waals surface area (Å²) in [5.41, 5.74) is 0.777. The van der Waals surface area contributed by atoms with Crippen molar-refractivity contribution in [1.82, 2.24) is 10.2 Å². The lowest BCUT2D eigenvalue weighted by Gasteiger charge is -2.57. The van der Waals surface area contributed by atoms with Crippen LogP contribution in [0.3, 0.4) is 0 Å². The van der Waals surface area contributed by atoms with E-state index in [4.69, 9.17) is 0 Å². The molecule has 0 spiro atoms. The van der Waals surface area contributed by atoms with Gasteiger partial charge in [0.1, 0.15) is 0 Å². The van der Waals surface area contributed by atoms with E-state index < -0.39 is 0 Å². The minimum atomic E-state index is 0.752. The van der Waals surface area contributed by atoms with Gasteiger partial charge < -0.3 is 5.32 Å². The normalized spacial score (nSPS) is 49.7. The number of nitrogens with one attached hydrogen (secondary N) is 1. The summed E-state index contributed by atoms with van der Waals surface area (Å²) in [6, 6.07) is 0.752. The van der Waals surface area contributed by atoms with Crippen molar-refractivity contribution < 1.29 is 0 Å². The summed E-state index contributed by atoms with van der Waals surface area (Å²) in [7, 11) is 0. The van der Waals surface area contributed by atoms with Crippen LogP contribution in [0.1, 0.15) is 51.9 Å². The fraction of sp³-hybridized carbons (Fsp3) is 1.00. The van der Waals surface area contributed by atoms with E-state index >= 15 is 0 Å². The quantitative estimate of drug-likeness (QED) is 0.841. The van der Waals surface area contributed by atoms with Crippen molar-refractivity contribution in [2.75, 3.05) is 26.2 Å². The molecular weight excluding hydrogens is 232 g/mol. The van der Waals surface area contributed by atoms with Crippen LogP contribution in [0, 0.1) is 23.2 Å². The van der Waals surface area contributed by atoms with E-state index in [1.807, 2.05) is 0 Å². The number of rotatable bonds is 3.